The minimum absolute atomic E-state index is 0.177. The monoisotopic (exact) mass is 351 g/mol. The van der Waals surface area contributed by atoms with Gasteiger partial charge in [0.05, 0.1) is 17.6 Å². The number of fused-ring (bicyclic) bond motifs is 1. The molecule has 0 N–H and O–H groups in total. The summed E-state index contributed by atoms with van der Waals surface area (Å²) in [7, 11) is -2.05. The summed E-state index contributed by atoms with van der Waals surface area (Å²) in [4.78, 5) is 6.03. The maximum absolute atomic E-state index is 13.8. The van der Waals surface area contributed by atoms with E-state index in [2.05, 4.69) is 4.98 Å². The molecule has 0 spiro atoms. The number of hydrogen-bond donors (Lipinski definition) is 0. The van der Waals surface area contributed by atoms with Crippen molar-refractivity contribution < 1.29 is 17.2 Å². The van der Waals surface area contributed by atoms with Gasteiger partial charge in [-0.3, -0.25) is 4.31 Å². The van der Waals surface area contributed by atoms with E-state index in [-0.39, 0.29) is 17.6 Å². The summed E-state index contributed by atoms with van der Waals surface area (Å²) in [6.07, 6.45) is 3.84. The van der Waals surface area contributed by atoms with Gasteiger partial charge in [0.1, 0.15) is 5.82 Å². The van der Waals surface area contributed by atoms with Gasteiger partial charge in [-0.1, -0.05) is 0 Å². The van der Waals surface area contributed by atoms with Crippen LogP contribution in [0.15, 0.2) is 33.9 Å². The molecule has 1 aliphatic carbocycles. The molecular weight excluding hydrogens is 333 g/mol. The quantitative estimate of drug-likeness (QED) is 0.851. The molecule has 1 aromatic carbocycles. The van der Waals surface area contributed by atoms with Crippen LogP contribution >= 0.6 is 0 Å². The van der Waals surface area contributed by atoms with E-state index in [0.29, 0.717) is 30.2 Å². The topological polar surface area (TPSA) is 66.7 Å². The first-order valence-electron chi connectivity index (χ1n) is 7.96. The first-order valence-corrected chi connectivity index (χ1v) is 9.40. The standard InChI is InChI=1S/C16H18FN3O3S/c1-19-7-2-8-20(14-9-12(17)5-6-13(14)19)24(21,22)15-10-18-16(23-15)11-3-4-11/h5-6,9-11H,2-4,7-8H2,1H3. The third-order valence-corrected chi connectivity index (χ3v) is 6.10. The van der Waals surface area contributed by atoms with E-state index in [0.717, 1.165) is 12.8 Å². The SMILES string of the molecule is CN1CCCN(S(=O)(=O)c2cnc(C3CC3)o2)c2cc(F)ccc21. The Morgan fingerprint density at radius 2 is 2.04 bits per heavy atom. The molecule has 0 radical (unpaired) electrons. The molecule has 1 aliphatic heterocycles. The third kappa shape index (κ3) is 2.54. The highest BCUT2D eigenvalue weighted by Crippen LogP contribution is 2.41. The molecule has 4 rings (SSSR count). The smallest absolute Gasteiger partial charge is 0.299 e. The first kappa shape index (κ1) is 15.4. The first-order chi connectivity index (χ1) is 11.5. The van der Waals surface area contributed by atoms with Crippen LogP contribution in [0.3, 0.4) is 0 Å². The van der Waals surface area contributed by atoms with Crippen LogP contribution in [-0.2, 0) is 10.0 Å². The summed E-state index contributed by atoms with van der Waals surface area (Å²) in [5.74, 6) is 0.231. The van der Waals surface area contributed by atoms with Crippen molar-refractivity contribution in [2.45, 2.75) is 30.3 Å². The number of rotatable bonds is 3. The number of nitrogens with zero attached hydrogens (tertiary/aromatic N) is 3. The molecular formula is C16H18FN3O3S. The second-order valence-electron chi connectivity index (χ2n) is 6.28. The highest BCUT2D eigenvalue weighted by atomic mass is 32.2. The van der Waals surface area contributed by atoms with Gasteiger partial charge < -0.3 is 9.32 Å². The average Bonchev–Trinajstić information content (AvgIpc) is 3.29. The van der Waals surface area contributed by atoms with Gasteiger partial charge in [0, 0.05) is 32.1 Å². The van der Waals surface area contributed by atoms with Gasteiger partial charge in [0.15, 0.2) is 5.89 Å². The number of hydrogen-bond acceptors (Lipinski definition) is 5. The highest BCUT2D eigenvalue weighted by Gasteiger charge is 2.35. The summed E-state index contributed by atoms with van der Waals surface area (Å²) >= 11 is 0. The van der Waals surface area contributed by atoms with E-state index in [1.807, 2.05) is 11.9 Å². The largest absolute Gasteiger partial charge is 0.427 e. The molecule has 2 aromatic rings. The van der Waals surface area contributed by atoms with Crippen molar-refractivity contribution in [3.8, 4) is 0 Å². The van der Waals surface area contributed by atoms with E-state index >= 15 is 0 Å². The second kappa shape index (κ2) is 5.47. The minimum Gasteiger partial charge on any atom is -0.427 e. The van der Waals surface area contributed by atoms with E-state index in [4.69, 9.17) is 4.42 Å². The summed E-state index contributed by atoms with van der Waals surface area (Å²) < 4.78 is 46.5. The van der Waals surface area contributed by atoms with E-state index in [9.17, 15) is 12.8 Å². The molecule has 0 saturated heterocycles. The zero-order valence-electron chi connectivity index (χ0n) is 13.3. The molecule has 6 nitrogen and oxygen atoms in total. The van der Waals surface area contributed by atoms with Gasteiger partial charge >= 0.3 is 0 Å². The van der Waals surface area contributed by atoms with Crippen LogP contribution < -0.4 is 9.21 Å². The van der Waals surface area contributed by atoms with Crippen molar-refractivity contribution in [3.05, 3.63) is 36.1 Å². The molecule has 1 aromatic heterocycles. The average molecular weight is 351 g/mol. The van der Waals surface area contributed by atoms with Gasteiger partial charge in [-0.15, -0.1) is 0 Å². The van der Waals surface area contributed by atoms with Gasteiger partial charge in [-0.05, 0) is 31.4 Å². The number of anilines is 2. The molecule has 0 unspecified atom stereocenters. The molecule has 2 heterocycles. The molecule has 1 saturated carbocycles. The molecule has 24 heavy (non-hydrogen) atoms. The zero-order chi connectivity index (χ0) is 16.9. The lowest BCUT2D eigenvalue weighted by molar-refractivity contribution is 0.408. The maximum Gasteiger partial charge on any atom is 0.299 e. The van der Waals surface area contributed by atoms with Crippen LogP contribution in [0.25, 0.3) is 0 Å². The van der Waals surface area contributed by atoms with Crippen LogP contribution in [0.1, 0.15) is 31.1 Å². The minimum atomic E-state index is -3.91. The molecule has 0 atom stereocenters. The Labute approximate surface area is 139 Å². The number of sulfonamides is 1. The predicted octanol–water partition coefficient (Wildman–Crippen LogP) is 2.73. The number of oxazole rings is 1. The molecule has 2 aliphatic rings. The zero-order valence-corrected chi connectivity index (χ0v) is 14.1. The van der Waals surface area contributed by atoms with Crippen molar-refractivity contribution >= 4 is 21.4 Å². The Kier molecular flexibility index (Phi) is 3.52. The lowest BCUT2D eigenvalue weighted by atomic mass is 10.2. The van der Waals surface area contributed by atoms with Crippen molar-refractivity contribution in [3.63, 3.8) is 0 Å². The summed E-state index contributed by atoms with van der Waals surface area (Å²) in [5.41, 5.74) is 1.01. The molecule has 128 valence electrons. The van der Waals surface area contributed by atoms with Crippen molar-refractivity contribution in [2.24, 2.45) is 0 Å². The summed E-state index contributed by atoms with van der Waals surface area (Å²) in [6, 6.07) is 4.20. The van der Waals surface area contributed by atoms with E-state index in [1.54, 1.807) is 6.07 Å². The molecule has 1 fully saturated rings. The fraction of sp³-hybridized carbons (Fsp3) is 0.438. The number of aromatic nitrogens is 1. The van der Waals surface area contributed by atoms with Crippen LogP contribution in [0.5, 0.6) is 0 Å². The van der Waals surface area contributed by atoms with Crippen molar-refractivity contribution in [2.75, 3.05) is 29.3 Å². The molecule has 0 amide bonds. The van der Waals surface area contributed by atoms with Gasteiger partial charge in [-0.25, -0.2) is 9.37 Å². The lowest BCUT2D eigenvalue weighted by Crippen LogP contribution is -2.31. The second-order valence-corrected chi connectivity index (χ2v) is 8.07. The summed E-state index contributed by atoms with van der Waals surface area (Å²) in [6.45, 7) is 0.955. The predicted molar refractivity (Wildman–Crippen MR) is 87.3 cm³/mol. The lowest BCUT2D eigenvalue weighted by Gasteiger charge is -2.24. The van der Waals surface area contributed by atoms with Crippen LogP contribution in [0.2, 0.25) is 0 Å². The Balaban J connectivity index is 1.78. The Bertz CT molecular complexity index is 876. The fourth-order valence-corrected chi connectivity index (χ4v) is 4.35. The molecule has 8 heteroatoms. The van der Waals surface area contributed by atoms with Crippen molar-refractivity contribution in [1.82, 2.24) is 4.98 Å². The van der Waals surface area contributed by atoms with Crippen LogP contribution in [-0.4, -0.2) is 33.5 Å². The number of halogens is 1. The normalized spacial score (nSPS) is 18.4. The number of benzene rings is 1. The van der Waals surface area contributed by atoms with E-state index < -0.39 is 15.8 Å². The van der Waals surface area contributed by atoms with Crippen molar-refractivity contribution in [1.29, 1.82) is 0 Å². The van der Waals surface area contributed by atoms with E-state index in [1.165, 1.54) is 22.6 Å². The Hall–Kier alpha value is -2.09. The van der Waals surface area contributed by atoms with Gasteiger partial charge in [-0.2, -0.15) is 8.42 Å². The highest BCUT2D eigenvalue weighted by molar-refractivity contribution is 7.92. The Morgan fingerprint density at radius 1 is 1.25 bits per heavy atom. The Morgan fingerprint density at radius 3 is 2.79 bits per heavy atom. The van der Waals surface area contributed by atoms with Crippen LogP contribution in [0.4, 0.5) is 15.8 Å². The third-order valence-electron chi connectivity index (χ3n) is 4.45. The molecule has 0 bridgehead atoms. The van der Waals surface area contributed by atoms with Crippen LogP contribution in [0, 0.1) is 5.82 Å². The fourth-order valence-electron chi connectivity index (χ4n) is 2.98. The van der Waals surface area contributed by atoms with Gasteiger partial charge in [0.25, 0.3) is 15.1 Å². The van der Waals surface area contributed by atoms with Gasteiger partial charge in [0.2, 0.25) is 0 Å². The summed E-state index contributed by atoms with van der Waals surface area (Å²) in [5, 5.41) is -0.177. The maximum atomic E-state index is 13.8.